The van der Waals surface area contributed by atoms with E-state index in [0.717, 1.165) is 29.9 Å². The monoisotopic (exact) mass is 220 g/mol. The van der Waals surface area contributed by atoms with E-state index in [1.807, 2.05) is 0 Å². The Morgan fingerprint density at radius 3 is 2.55 bits per heavy atom. The van der Waals surface area contributed by atoms with Crippen LogP contribution < -0.4 is 0 Å². The average Bonchev–Trinajstić information content (AvgIpc) is 2.55. The van der Waals surface area contributed by atoms with E-state index >= 15 is 0 Å². The van der Waals surface area contributed by atoms with Gasteiger partial charge in [-0.05, 0) is 18.3 Å². The summed E-state index contributed by atoms with van der Waals surface area (Å²) in [5.41, 5.74) is 0. The van der Waals surface area contributed by atoms with Gasteiger partial charge in [0.25, 0.3) is 0 Å². The molecule has 11 heavy (non-hydrogen) atoms. The van der Waals surface area contributed by atoms with Crippen LogP contribution in [-0.2, 0) is 4.74 Å². The second kappa shape index (κ2) is 4.46. The summed E-state index contributed by atoms with van der Waals surface area (Å²) >= 11 is 3.60. The molecule has 0 bridgehead atoms. The summed E-state index contributed by atoms with van der Waals surface area (Å²) in [6.07, 6.45) is 2.44. The third kappa shape index (κ3) is 2.75. The molecule has 0 aromatic heterocycles. The Bertz CT molecular complexity index is 108. The minimum atomic E-state index is 0.726. The Balaban J connectivity index is 1.89. The summed E-state index contributed by atoms with van der Waals surface area (Å²) < 4.78 is 5.51. The Morgan fingerprint density at radius 2 is 2.09 bits per heavy atom. The number of rotatable bonds is 5. The number of alkyl halides is 1. The Kier molecular flexibility index (Phi) is 3.86. The molecule has 0 N–H and O–H groups in total. The normalized spacial score (nSPS) is 35.7. The maximum atomic E-state index is 5.51. The number of hydrogen-bond acceptors (Lipinski definition) is 1. The fraction of sp³-hybridized carbons (Fsp3) is 1.00. The van der Waals surface area contributed by atoms with E-state index in [1.54, 1.807) is 0 Å². The van der Waals surface area contributed by atoms with Crippen LogP contribution in [0.5, 0.6) is 0 Å². The summed E-state index contributed by atoms with van der Waals surface area (Å²) in [5.74, 6) is 1.61. The largest absolute Gasteiger partial charge is 0.381 e. The maximum Gasteiger partial charge on any atom is 0.0508 e. The maximum absolute atomic E-state index is 5.51. The Morgan fingerprint density at radius 1 is 1.45 bits per heavy atom. The molecule has 1 rings (SSSR count). The zero-order chi connectivity index (χ0) is 8.27. The molecule has 0 radical (unpaired) electrons. The Hall–Kier alpha value is 0.440. The van der Waals surface area contributed by atoms with E-state index in [0.29, 0.717) is 0 Å². The molecule has 2 heteroatoms. The zero-order valence-electron chi connectivity index (χ0n) is 7.35. The number of halogens is 1. The van der Waals surface area contributed by atoms with E-state index in [4.69, 9.17) is 4.74 Å². The van der Waals surface area contributed by atoms with Gasteiger partial charge in [-0.1, -0.05) is 36.2 Å². The molecule has 3 unspecified atom stereocenters. The van der Waals surface area contributed by atoms with Crippen molar-refractivity contribution in [1.29, 1.82) is 0 Å². The highest BCUT2D eigenvalue weighted by molar-refractivity contribution is 9.09. The molecule has 0 aliphatic heterocycles. The molecule has 1 saturated carbocycles. The lowest BCUT2D eigenvalue weighted by molar-refractivity contribution is 0.119. The predicted octanol–water partition coefficient (Wildman–Crippen LogP) is 2.83. The average molecular weight is 221 g/mol. The third-order valence-electron chi connectivity index (χ3n) is 2.40. The van der Waals surface area contributed by atoms with E-state index in [-0.39, 0.29) is 0 Å². The van der Waals surface area contributed by atoms with Crippen LogP contribution in [0.1, 0.15) is 26.7 Å². The first-order chi connectivity index (χ1) is 5.27. The standard InChI is InChI=1S/C9H17BrO/c1-3-4-5-11-6-8-7(2)9(8)10/h7-9H,3-6H2,1-2H3. The van der Waals surface area contributed by atoms with Gasteiger partial charge in [-0.15, -0.1) is 0 Å². The summed E-state index contributed by atoms with van der Waals surface area (Å²) in [6.45, 7) is 6.36. The molecular formula is C9H17BrO. The third-order valence-corrected chi connectivity index (χ3v) is 3.91. The summed E-state index contributed by atoms with van der Waals surface area (Å²) in [6, 6.07) is 0. The topological polar surface area (TPSA) is 9.23 Å². The molecule has 1 aliphatic carbocycles. The van der Waals surface area contributed by atoms with Gasteiger partial charge in [0.15, 0.2) is 0 Å². The van der Waals surface area contributed by atoms with Gasteiger partial charge in [0.1, 0.15) is 0 Å². The fourth-order valence-corrected chi connectivity index (χ4v) is 2.05. The van der Waals surface area contributed by atoms with Crippen molar-refractivity contribution in [3.05, 3.63) is 0 Å². The van der Waals surface area contributed by atoms with Crippen molar-refractivity contribution in [2.75, 3.05) is 13.2 Å². The van der Waals surface area contributed by atoms with Gasteiger partial charge in [-0.2, -0.15) is 0 Å². The molecule has 1 fully saturated rings. The van der Waals surface area contributed by atoms with Crippen molar-refractivity contribution in [2.24, 2.45) is 11.8 Å². The van der Waals surface area contributed by atoms with Crippen LogP contribution in [0.15, 0.2) is 0 Å². The lowest BCUT2D eigenvalue weighted by Gasteiger charge is -2.00. The van der Waals surface area contributed by atoms with Crippen LogP contribution in [-0.4, -0.2) is 18.0 Å². The van der Waals surface area contributed by atoms with Crippen molar-refractivity contribution in [3.63, 3.8) is 0 Å². The molecule has 0 saturated heterocycles. The van der Waals surface area contributed by atoms with Crippen LogP contribution in [0.3, 0.4) is 0 Å². The zero-order valence-corrected chi connectivity index (χ0v) is 8.93. The van der Waals surface area contributed by atoms with Gasteiger partial charge in [-0.25, -0.2) is 0 Å². The van der Waals surface area contributed by atoms with Gasteiger partial charge in [0, 0.05) is 11.4 Å². The van der Waals surface area contributed by atoms with Crippen LogP contribution in [0.2, 0.25) is 0 Å². The van der Waals surface area contributed by atoms with Gasteiger partial charge in [-0.3, -0.25) is 0 Å². The van der Waals surface area contributed by atoms with E-state index in [1.165, 1.54) is 12.8 Å². The predicted molar refractivity (Wildman–Crippen MR) is 51.1 cm³/mol. The van der Waals surface area contributed by atoms with Crippen LogP contribution in [0.25, 0.3) is 0 Å². The highest BCUT2D eigenvalue weighted by atomic mass is 79.9. The first kappa shape index (κ1) is 9.53. The molecular weight excluding hydrogens is 204 g/mol. The molecule has 3 atom stereocenters. The van der Waals surface area contributed by atoms with E-state index in [2.05, 4.69) is 29.8 Å². The van der Waals surface area contributed by atoms with Crippen molar-refractivity contribution in [2.45, 2.75) is 31.5 Å². The molecule has 0 heterocycles. The number of hydrogen-bond donors (Lipinski definition) is 0. The highest BCUT2D eigenvalue weighted by Gasteiger charge is 2.44. The summed E-state index contributed by atoms with van der Waals surface area (Å²) in [5, 5.41) is 0. The van der Waals surface area contributed by atoms with Gasteiger partial charge >= 0.3 is 0 Å². The van der Waals surface area contributed by atoms with Crippen LogP contribution >= 0.6 is 15.9 Å². The summed E-state index contributed by atoms with van der Waals surface area (Å²) in [7, 11) is 0. The molecule has 66 valence electrons. The van der Waals surface area contributed by atoms with Crippen LogP contribution in [0, 0.1) is 11.8 Å². The minimum Gasteiger partial charge on any atom is -0.381 e. The quantitative estimate of drug-likeness (QED) is 0.512. The second-order valence-corrected chi connectivity index (χ2v) is 4.45. The van der Waals surface area contributed by atoms with Gasteiger partial charge < -0.3 is 4.74 Å². The SMILES string of the molecule is CCCCOCC1C(C)C1Br. The van der Waals surface area contributed by atoms with Gasteiger partial charge in [0.2, 0.25) is 0 Å². The summed E-state index contributed by atoms with van der Waals surface area (Å²) in [4.78, 5) is 0.726. The fourth-order valence-electron chi connectivity index (χ4n) is 1.20. The van der Waals surface area contributed by atoms with Crippen molar-refractivity contribution < 1.29 is 4.74 Å². The molecule has 0 aromatic carbocycles. The smallest absolute Gasteiger partial charge is 0.0508 e. The Labute approximate surface area is 77.6 Å². The lowest BCUT2D eigenvalue weighted by atomic mass is 10.3. The second-order valence-electron chi connectivity index (χ2n) is 3.40. The molecule has 0 amide bonds. The lowest BCUT2D eigenvalue weighted by Crippen LogP contribution is -1.99. The first-order valence-corrected chi connectivity index (χ1v) is 5.40. The minimum absolute atomic E-state index is 0.726. The van der Waals surface area contributed by atoms with E-state index < -0.39 is 0 Å². The molecule has 1 aliphatic rings. The van der Waals surface area contributed by atoms with E-state index in [9.17, 15) is 0 Å². The van der Waals surface area contributed by atoms with Crippen molar-refractivity contribution in [1.82, 2.24) is 0 Å². The number of unbranched alkanes of at least 4 members (excludes halogenated alkanes) is 1. The highest BCUT2D eigenvalue weighted by Crippen LogP contribution is 2.44. The molecule has 0 aromatic rings. The van der Waals surface area contributed by atoms with Crippen molar-refractivity contribution in [3.8, 4) is 0 Å². The van der Waals surface area contributed by atoms with Gasteiger partial charge in [0.05, 0.1) is 6.61 Å². The first-order valence-electron chi connectivity index (χ1n) is 4.49. The number of ether oxygens (including phenoxy) is 1. The molecule has 0 spiro atoms. The van der Waals surface area contributed by atoms with Crippen LogP contribution in [0.4, 0.5) is 0 Å². The molecule has 1 nitrogen and oxygen atoms in total. The van der Waals surface area contributed by atoms with Crippen molar-refractivity contribution >= 4 is 15.9 Å².